The van der Waals surface area contributed by atoms with Crippen molar-refractivity contribution in [1.29, 1.82) is 0 Å². The van der Waals surface area contributed by atoms with Crippen LogP contribution in [0.2, 0.25) is 0 Å². The molecule has 0 spiro atoms. The van der Waals surface area contributed by atoms with Crippen molar-refractivity contribution in [1.82, 2.24) is 9.27 Å². The topological polar surface area (TPSA) is 36.4 Å². The van der Waals surface area contributed by atoms with Crippen LogP contribution in [0.1, 0.15) is 49.1 Å². The SMILES string of the molecule is OC1(c2cc(CF)ns2)CCC(N2CCCC2)CC1. The smallest absolute Gasteiger partial charge is 0.133 e. The number of hydrogen-bond acceptors (Lipinski definition) is 4. The lowest BCUT2D eigenvalue weighted by atomic mass is 9.80. The molecule has 0 amide bonds. The number of likely N-dealkylation sites (tertiary alicyclic amines) is 1. The van der Waals surface area contributed by atoms with E-state index in [0.29, 0.717) is 11.7 Å². The van der Waals surface area contributed by atoms with Gasteiger partial charge in [0.25, 0.3) is 0 Å². The second-order valence-electron chi connectivity index (χ2n) is 5.82. The number of rotatable bonds is 3. The summed E-state index contributed by atoms with van der Waals surface area (Å²) in [6, 6.07) is 2.37. The first-order valence-electron chi connectivity index (χ1n) is 7.20. The lowest BCUT2D eigenvalue weighted by Crippen LogP contribution is -2.40. The first kappa shape index (κ1) is 13.5. The molecule has 1 saturated heterocycles. The zero-order chi connectivity index (χ0) is 13.3. The van der Waals surface area contributed by atoms with Crippen LogP contribution in [-0.4, -0.2) is 33.5 Å². The molecule has 0 atom stereocenters. The molecular weight excluding hydrogens is 263 g/mol. The van der Waals surface area contributed by atoms with Gasteiger partial charge in [-0.3, -0.25) is 0 Å². The summed E-state index contributed by atoms with van der Waals surface area (Å²) in [5, 5.41) is 10.7. The molecule has 2 fully saturated rings. The number of aliphatic hydroxyl groups is 1. The highest BCUT2D eigenvalue weighted by atomic mass is 32.1. The molecule has 0 unspecified atom stereocenters. The van der Waals surface area contributed by atoms with Gasteiger partial charge in [-0.1, -0.05) is 0 Å². The average molecular weight is 284 g/mol. The van der Waals surface area contributed by atoms with Crippen molar-refractivity contribution in [3.63, 3.8) is 0 Å². The van der Waals surface area contributed by atoms with E-state index in [0.717, 1.165) is 30.6 Å². The zero-order valence-electron chi connectivity index (χ0n) is 11.1. The lowest BCUT2D eigenvalue weighted by Gasteiger charge is -2.38. The van der Waals surface area contributed by atoms with E-state index < -0.39 is 12.3 Å². The molecule has 0 bridgehead atoms. The Morgan fingerprint density at radius 2 is 2.05 bits per heavy atom. The Labute approximate surface area is 117 Å². The minimum Gasteiger partial charge on any atom is -0.384 e. The molecule has 0 radical (unpaired) electrons. The van der Waals surface area contributed by atoms with E-state index in [2.05, 4.69) is 9.27 Å². The summed E-state index contributed by atoms with van der Waals surface area (Å²) in [7, 11) is 0. The van der Waals surface area contributed by atoms with Crippen molar-refractivity contribution in [2.75, 3.05) is 13.1 Å². The molecule has 1 aromatic heterocycles. The Balaban J connectivity index is 1.64. The van der Waals surface area contributed by atoms with E-state index in [1.54, 1.807) is 6.07 Å². The first-order valence-corrected chi connectivity index (χ1v) is 7.97. The lowest BCUT2D eigenvalue weighted by molar-refractivity contribution is -0.0192. The van der Waals surface area contributed by atoms with Gasteiger partial charge in [-0.05, 0) is 69.2 Å². The Hall–Kier alpha value is -0.520. The Morgan fingerprint density at radius 1 is 1.37 bits per heavy atom. The van der Waals surface area contributed by atoms with Gasteiger partial charge in [0, 0.05) is 6.04 Å². The van der Waals surface area contributed by atoms with Gasteiger partial charge in [-0.25, -0.2) is 4.39 Å². The third-order valence-electron chi connectivity index (χ3n) is 4.59. The van der Waals surface area contributed by atoms with Crippen LogP contribution in [0.5, 0.6) is 0 Å². The molecule has 3 nitrogen and oxygen atoms in total. The predicted molar refractivity (Wildman–Crippen MR) is 73.9 cm³/mol. The molecule has 1 aromatic rings. The van der Waals surface area contributed by atoms with Gasteiger partial charge >= 0.3 is 0 Å². The maximum Gasteiger partial charge on any atom is 0.133 e. The third kappa shape index (κ3) is 2.69. The van der Waals surface area contributed by atoms with E-state index in [1.807, 2.05) is 0 Å². The van der Waals surface area contributed by atoms with Gasteiger partial charge in [-0.2, -0.15) is 4.37 Å². The molecular formula is C14H21FN2OS. The number of nitrogens with zero attached hydrogens (tertiary/aromatic N) is 2. The Bertz CT molecular complexity index is 423. The van der Waals surface area contributed by atoms with Crippen LogP contribution in [0.4, 0.5) is 4.39 Å². The molecule has 5 heteroatoms. The fourth-order valence-corrected chi connectivity index (χ4v) is 4.27. The monoisotopic (exact) mass is 284 g/mol. The summed E-state index contributed by atoms with van der Waals surface area (Å²) < 4.78 is 16.6. The molecule has 1 saturated carbocycles. The highest BCUT2D eigenvalue weighted by molar-refractivity contribution is 7.06. The maximum atomic E-state index is 12.6. The van der Waals surface area contributed by atoms with Crippen molar-refractivity contribution in [3.8, 4) is 0 Å². The highest BCUT2D eigenvalue weighted by Gasteiger charge is 2.38. The molecule has 3 rings (SSSR count). The summed E-state index contributed by atoms with van der Waals surface area (Å²) in [5.74, 6) is 0. The van der Waals surface area contributed by atoms with Crippen molar-refractivity contribution < 1.29 is 9.50 Å². The summed E-state index contributed by atoms with van der Waals surface area (Å²) in [6.07, 6.45) is 6.27. The average Bonchev–Trinajstić information content (AvgIpc) is 3.11. The second kappa shape index (κ2) is 5.46. The van der Waals surface area contributed by atoms with Crippen LogP contribution in [-0.2, 0) is 12.3 Å². The van der Waals surface area contributed by atoms with Gasteiger partial charge < -0.3 is 10.0 Å². The summed E-state index contributed by atoms with van der Waals surface area (Å²) in [6.45, 7) is 1.90. The van der Waals surface area contributed by atoms with Crippen molar-refractivity contribution in [3.05, 3.63) is 16.6 Å². The largest absolute Gasteiger partial charge is 0.384 e. The summed E-state index contributed by atoms with van der Waals surface area (Å²) >= 11 is 1.26. The van der Waals surface area contributed by atoms with Crippen LogP contribution in [0, 0.1) is 0 Å². The van der Waals surface area contributed by atoms with Crippen molar-refractivity contribution in [2.45, 2.75) is 56.8 Å². The van der Waals surface area contributed by atoms with Gasteiger partial charge in [-0.15, -0.1) is 0 Å². The third-order valence-corrected chi connectivity index (χ3v) is 5.61. The zero-order valence-corrected chi connectivity index (χ0v) is 12.0. The maximum absolute atomic E-state index is 12.6. The summed E-state index contributed by atoms with van der Waals surface area (Å²) in [4.78, 5) is 3.42. The number of aromatic nitrogens is 1. The Morgan fingerprint density at radius 3 is 2.63 bits per heavy atom. The van der Waals surface area contributed by atoms with Gasteiger partial charge in [0.1, 0.15) is 12.3 Å². The van der Waals surface area contributed by atoms with E-state index in [-0.39, 0.29) is 0 Å². The molecule has 19 heavy (non-hydrogen) atoms. The van der Waals surface area contributed by atoms with Crippen LogP contribution in [0.15, 0.2) is 6.07 Å². The van der Waals surface area contributed by atoms with Crippen LogP contribution >= 0.6 is 11.5 Å². The van der Waals surface area contributed by atoms with Gasteiger partial charge in [0.05, 0.1) is 10.6 Å². The van der Waals surface area contributed by atoms with E-state index >= 15 is 0 Å². The highest BCUT2D eigenvalue weighted by Crippen LogP contribution is 2.41. The van der Waals surface area contributed by atoms with E-state index in [4.69, 9.17) is 0 Å². The number of alkyl halides is 1. The molecule has 1 aliphatic heterocycles. The minimum absolute atomic E-state index is 0.454. The van der Waals surface area contributed by atoms with Gasteiger partial charge in [0.2, 0.25) is 0 Å². The fraction of sp³-hybridized carbons (Fsp3) is 0.786. The van der Waals surface area contributed by atoms with Crippen LogP contribution in [0.25, 0.3) is 0 Å². The number of hydrogen-bond donors (Lipinski definition) is 1. The number of halogens is 1. The predicted octanol–water partition coefficient (Wildman–Crippen LogP) is 2.84. The first-order chi connectivity index (χ1) is 9.21. The van der Waals surface area contributed by atoms with Crippen molar-refractivity contribution >= 4 is 11.5 Å². The minimum atomic E-state index is -0.763. The molecule has 106 valence electrons. The second-order valence-corrected chi connectivity index (χ2v) is 6.63. The molecule has 2 aliphatic rings. The molecule has 1 aliphatic carbocycles. The van der Waals surface area contributed by atoms with Gasteiger partial charge in [0.15, 0.2) is 0 Å². The van der Waals surface area contributed by atoms with E-state index in [1.165, 1.54) is 37.5 Å². The molecule has 2 heterocycles. The van der Waals surface area contributed by atoms with Crippen LogP contribution in [0.3, 0.4) is 0 Å². The Kier molecular flexibility index (Phi) is 3.87. The quantitative estimate of drug-likeness (QED) is 0.927. The summed E-state index contributed by atoms with van der Waals surface area (Å²) in [5.41, 5.74) is -0.309. The van der Waals surface area contributed by atoms with Crippen LogP contribution < -0.4 is 0 Å². The van der Waals surface area contributed by atoms with E-state index in [9.17, 15) is 9.50 Å². The molecule has 0 aromatic carbocycles. The molecule has 1 N–H and O–H groups in total. The van der Waals surface area contributed by atoms with Crippen molar-refractivity contribution in [2.24, 2.45) is 0 Å². The standard InChI is InChI=1S/C14H21FN2OS/c15-10-11-9-13(19-16-11)14(18)5-3-12(4-6-14)17-7-1-2-8-17/h9,12,18H,1-8,10H2. The fourth-order valence-electron chi connectivity index (χ4n) is 3.39. The normalized spacial score (nSPS) is 32.8.